The van der Waals surface area contributed by atoms with Crippen LogP contribution in [0.15, 0.2) is 60.3 Å². The first-order chi connectivity index (χ1) is 15.0. The number of para-hydroxylation sites is 1. The third kappa shape index (κ3) is 4.49. The maximum atomic E-state index is 6.73. The maximum absolute atomic E-state index is 6.73. The lowest BCUT2D eigenvalue weighted by Crippen LogP contribution is -2.31. The SMILES string of the molecule is NC1(C2=CN(Cc3cc(Cl)ccc3Cl)CC=C2c2ccccc2OC2CCOC2)CC1. The number of nitrogens with two attached hydrogens (primary N) is 1. The lowest BCUT2D eigenvalue weighted by atomic mass is 9.89. The van der Waals surface area contributed by atoms with Crippen LogP contribution in [0.2, 0.25) is 10.0 Å². The van der Waals surface area contributed by atoms with Gasteiger partial charge in [-0.15, -0.1) is 0 Å². The number of halogens is 2. The molecule has 0 spiro atoms. The molecule has 0 aromatic heterocycles. The quantitative estimate of drug-likeness (QED) is 0.628. The Morgan fingerprint density at radius 1 is 1.16 bits per heavy atom. The van der Waals surface area contributed by atoms with Crippen molar-refractivity contribution < 1.29 is 9.47 Å². The molecule has 2 heterocycles. The van der Waals surface area contributed by atoms with Crippen LogP contribution in [0.5, 0.6) is 5.75 Å². The van der Waals surface area contributed by atoms with Crippen LogP contribution in [-0.2, 0) is 11.3 Å². The van der Waals surface area contributed by atoms with E-state index in [-0.39, 0.29) is 11.6 Å². The van der Waals surface area contributed by atoms with Crippen LogP contribution < -0.4 is 10.5 Å². The van der Waals surface area contributed by atoms with E-state index in [2.05, 4.69) is 29.3 Å². The summed E-state index contributed by atoms with van der Waals surface area (Å²) >= 11 is 12.6. The van der Waals surface area contributed by atoms with Gasteiger partial charge >= 0.3 is 0 Å². The first-order valence-corrected chi connectivity index (χ1v) is 11.5. The zero-order valence-electron chi connectivity index (χ0n) is 17.3. The van der Waals surface area contributed by atoms with Gasteiger partial charge in [0.05, 0.1) is 13.2 Å². The molecule has 0 bridgehead atoms. The number of hydrogen-bond donors (Lipinski definition) is 1. The van der Waals surface area contributed by atoms with Crippen molar-refractivity contribution in [3.05, 3.63) is 81.5 Å². The molecule has 31 heavy (non-hydrogen) atoms. The van der Waals surface area contributed by atoms with Gasteiger partial charge in [-0.3, -0.25) is 0 Å². The first-order valence-electron chi connectivity index (χ1n) is 10.8. The van der Waals surface area contributed by atoms with Crippen molar-refractivity contribution in [2.75, 3.05) is 19.8 Å². The third-order valence-corrected chi connectivity index (χ3v) is 6.80. The second-order valence-electron chi connectivity index (χ2n) is 8.58. The van der Waals surface area contributed by atoms with E-state index in [1.807, 2.05) is 30.3 Å². The van der Waals surface area contributed by atoms with Crippen molar-refractivity contribution in [2.45, 2.75) is 37.5 Å². The summed E-state index contributed by atoms with van der Waals surface area (Å²) in [6.45, 7) is 2.84. The van der Waals surface area contributed by atoms with Gasteiger partial charge in [0.15, 0.2) is 0 Å². The average molecular weight is 457 g/mol. The van der Waals surface area contributed by atoms with Gasteiger partial charge < -0.3 is 20.1 Å². The van der Waals surface area contributed by atoms with Gasteiger partial charge in [-0.05, 0) is 53.8 Å². The molecule has 5 rings (SSSR count). The van der Waals surface area contributed by atoms with E-state index < -0.39 is 0 Å². The maximum Gasteiger partial charge on any atom is 0.127 e. The standard InChI is InChI=1S/C25H26Cl2N2O2/c26-18-5-6-23(27)17(13-18)14-29-11-7-20(22(15-29)25(28)9-10-25)21-3-1-2-4-24(21)31-19-8-12-30-16-19/h1-7,13,15,19H,8-12,14,16,28H2. The molecule has 0 amide bonds. The third-order valence-electron chi connectivity index (χ3n) is 6.20. The molecule has 1 unspecified atom stereocenters. The van der Waals surface area contributed by atoms with Crippen molar-refractivity contribution in [3.63, 3.8) is 0 Å². The van der Waals surface area contributed by atoms with Crippen molar-refractivity contribution in [2.24, 2.45) is 5.73 Å². The van der Waals surface area contributed by atoms with Crippen molar-refractivity contribution >= 4 is 28.8 Å². The molecule has 2 N–H and O–H groups in total. The predicted molar refractivity (Wildman–Crippen MR) is 125 cm³/mol. The Morgan fingerprint density at radius 2 is 2.00 bits per heavy atom. The van der Waals surface area contributed by atoms with Crippen molar-refractivity contribution in [1.29, 1.82) is 0 Å². The number of ether oxygens (including phenoxy) is 2. The van der Waals surface area contributed by atoms with Crippen molar-refractivity contribution in [1.82, 2.24) is 4.90 Å². The highest BCUT2D eigenvalue weighted by atomic mass is 35.5. The molecular weight excluding hydrogens is 431 g/mol. The Bertz CT molecular complexity index is 1040. The van der Waals surface area contributed by atoms with E-state index in [1.54, 1.807) is 0 Å². The fourth-order valence-electron chi connectivity index (χ4n) is 4.25. The zero-order valence-corrected chi connectivity index (χ0v) is 18.8. The summed E-state index contributed by atoms with van der Waals surface area (Å²) in [6.07, 6.45) is 7.46. The van der Waals surface area contributed by atoms with Crippen LogP contribution in [0.3, 0.4) is 0 Å². The smallest absolute Gasteiger partial charge is 0.127 e. The van der Waals surface area contributed by atoms with Crippen LogP contribution in [-0.4, -0.2) is 36.3 Å². The Hall–Kier alpha value is -1.98. The molecular formula is C25H26Cl2N2O2. The molecule has 2 aromatic carbocycles. The molecule has 162 valence electrons. The highest BCUT2D eigenvalue weighted by Gasteiger charge is 2.44. The summed E-state index contributed by atoms with van der Waals surface area (Å²) in [7, 11) is 0. The van der Waals surface area contributed by atoms with E-state index in [0.29, 0.717) is 18.2 Å². The molecule has 2 aromatic rings. The van der Waals surface area contributed by atoms with E-state index in [1.165, 1.54) is 5.57 Å². The van der Waals surface area contributed by atoms with E-state index in [4.69, 9.17) is 38.4 Å². The van der Waals surface area contributed by atoms with Gasteiger partial charge in [0.2, 0.25) is 0 Å². The van der Waals surface area contributed by atoms with Gasteiger partial charge in [0.1, 0.15) is 11.9 Å². The second-order valence-corrected chi connectivity index (χ2v) is 9.43. The number of benzene rings is 2. The fourth-order valence-corrected chi connectivity index (χ4v) is 4.62. The molecule has 2 aliphatic heterocycles. The van der Waals surface area contributed by atoms with Gasteiger partial charge in [-0.1, -0.05) is 47.5 Å². The van der Waals surface area contributed by atoms with Gasteiger partial charge in [-0.25, -0.2) is 0 Å². The molecule has 1 saturated heterocycles. The monoisotopic (exact) mass is 456 g/mol. The Kier molecular flexibility index (Phi) is 5.74. The highest BCUT2D eigenvalue weighted by molar-refractivity contribution is 6.33. The minimum absolute atomic E-state index is 0.104. The van der Waals surface area contributed by atoms with E-state index >= 15 is 0 Å². The van der Waals surface area contributed by atoms with Crippen LogP contribution in [0.4, 0.5) is 0 Å². The summed E-state index contributed by atoms with van der Waals surface area (Å²) in [5.74, 6) is 0.894. The van der Waals surface area contributed by atoms with E-state index in [9.17, 15) is 0 Å². The summed E-state index contributed by atoms with van der Waals surface area (Å²) in [5.41, 5.74) is 10.9. The number of nitrogens with zero attached hydrogens (tertiary/aromatic N) is 1. The normalized spacial score (nSPS) is 22.2. The zero-order chi connectivity index (χ0) is 21.4. The van der Waals surface area contributed by atoms with Crippen LogP contribution >= 0.6 is 23.2 Å². The highest BCUT2D eigenvalue weighted by Crippen LogP contribution is 2.48. The summed E-state index contributed by atoms with van der Waals surface area (Å²) < 4.78 is 11.8. The van der Waals surface area contributed by atoms with Gasteiger partial charge in [0.25, 0.3) is 0 Å². The summed E-state index contributed by atoms with van der Waals surface area (Å²) in [5, 5.41) is 1.41. The lowest BCUT2D eigenvalue weighted by Gasteiger charge is -2.31. The summed E-state index contributed by atoms with van der Waals surface area (Å²) in [6, 6.07) is 13.8. The molecule has 0 radical (unpaired) electrons. The fraction of sp³-hybridized carbons (Fsp3) is 0.360. The lowest BCUT2D eigenvalue weighted by molar-refractivity contribution is 0.141. The van der Waals surface area contributed by atoms with Crippen molar-refractivity contribution in [3.8, 4) is 5.75 Å². The topological polar surface area (TPSA) is 47.7 Å². The Balaban J connectivity index is 1.44. The Morgan fingerprint density at radius 3 is 2.77 bits per heavy atom. The predicted octanol–water partition coefficient (Wildman–Crippen LogP) is 5.44. The molecule has 6 heteroatoms. The number of rotatable bonds is 6. The van der Waals surface area contributed by atoms with Gasteiger partial charge in [-0.2, -0.15) is 0 Å². The largest absolute Gasteiger partial charge is 0.487 e. The molecule has 1 atom stereocenters. The van der Waals surface area contributed by atoms with Gasteiger partial charge in [0, 0.05) is 46.9 Å². The number of hydrogen-bond acceptors (Lipinski definition) is 4. The van der Waals surface area contributed by atoms with Crippen LogP contribution in [0, 0.1) is 0 Å². The minimum atomic E-state index is -0.286. The molecule has 4 nitrogen and oxygen atoms in total. The molecule has 2 fully saturated rings. The molecule has 1 aliphatic carbocycles. The summed E-state index contributed by atoms with van der Waals surface area (Å²) in [4.78, 5) is 2.25. The minimum Gasteiger partial charge on any atom is -0.487 e. The van der Waals surface area contributed by atoms with Crippen LogP contribution in [0.25, 0.3) is 5.57 Å². The molecule has 1 saturated carbocycles. The van der Waals surface area contributed by atoms with E-state index in [0.717, 1.165) is 59.9 Å². The van der Waals surface area contributed by atoms with Crippen LogP contribution in [0.1, 0.15) is 30.4 Å². The average Bonchev–Trinajstić information content (AvgIpc) is 3.31. The first kappa shape index (κ1) is 20.9. The Labute approximate surface area is 193 Å². The second kappa shape index (κ2) is 8.51. The molecule has 3 aliphatic rings.